The Kier molecular flexibility index (Phi) is 1.73. The zero-order valence-corrected chi connectivity index (χ0v) is 6.83. The maximum atomic E-state index is 5.71. The van der Waals surface area contributed by atoms with Crippen LogP contribution in [0.25, 0.3) is 0 Å². The van der Waals surface area contributed by atoms with E-state index in [2.05, 4.69) is 18.7 Å². The van der Waals surface area contributed by atoms with Crippen molar-refractivity contribution >= 4 is 11.8 Å². The molecule has 0 aromatic heterocycles. The van der Waals surface area contributed by atoms with E-state index in [9.17, 15) is 0 Å². The van der Waals surface area contributed by atoms with E-state index < -0.39 is 0 Å². The molecule has 0 saturated heterocycles. The third-order valence-electron chi connectivity index (χ3n) is 1.72. The molecule has 0 fully saturated rings. The fourth-order valence-corrected chi connectivity index (χ4v) is 1.78. The van der Waals surface area contributed by atoms with Crippen molar-refractivity contribution in [3.63, 3.8) is 0 Å². The Balaban J connectivity index is 2.74. The van der Waals surface area contributed by atoms with Crippen LogP contribution in [0.3, 0.4) is 0 Å². The van der Waals surface area contributed by atoms with Gasteiger partial charge in [-0.15, -0.1) is 0 Å². The van der Waals surface area contributed by atoms with Gasteiger partial charge in [-0.2, -0.15) is 0 Å². The van der Waals surface area contributed by atoms with Gasteiger partial charge in [-0.3, -0.25) is 0 Å². The van der Waals surface area contributed by atoms with E-state index in [-0.39, 0.29) is 5.50 Å². The smallest absolute Gasteiger partial charge is 0.129 e. The Morgan fingerprint density at radius 2 is 2.11 bits per heavy atom. The normalized spacial score (nSPS) is 28.0. The highest BCUT2D eigenvalue weighted by Crippen LogP contribution is 2.32. The summed E-state index contributed by atoms with van der Waals surface area (Å²) in [5, 5.41) is 0. The van der Waals surface area contributed by atoms with Gasteiger partial charge in [0.1, 0.15) is 5.50 Å². The molecule has 0 aromatic carbocycles. The Bertz CT molecular complexity index is 153. The molecular weight excluding hydrogens is 132 g/mol. The molecule has 1 heterocycles. The van der Waals surface area contributed by atoms with Crippen LogP contribution in [0.1, 0.15) is 13.8 Å². The third kappa shape index (κ3) is 1.07. The van der Waals surface area contributed by atoms with Gasteiger partial charge in [0.2, 0.25) is 0 Å². The molecule has 0 aromatic rings. The minimum Gasteiger partial charge on any atom is -0.353 e. The first-order chi connectivity index (χ1) is 4.13. The monoisotopic (exact) mass is 144 g/mol. The van der Waals surface area contributed by atoms with Gasteiger partial charge in [-0.05, 0) is 13.8 Å². The van der Waals surface area contributed by atoms with E-state index in [1.807, 2.05) is 7.05 Å². The van der Waals surface area contributed by atoms with Crippen LogP contribution in [0.2, 0.25) is 0 Å². The van der Waals surface area contributed by atoms with Crippen LogP contribution in [0.5, 0.6) is 0 Å². The average molecular weight is 144 g/mol. The van der Waals surface area contributed by atoms with E-state index in [0.717, 1.165) is 0 Å². The molecule has 9 heavy (non-hydrogen) atoms. The second-order valence-electron chi connectivity index (χ2n) is 2.26. The molecule has 0 aliphatic carbocycles. The average Bonchev–Trinajstić information content (AvgIpc) is 1.98. The van der Waals surface area contributed by atoms with Crippen LogP contribution in [0, 0.1) is 0 Å². The van der Waals surface area contributed by atoms with Gasteiger partial charge in [0.05, 0.1) is 0 Å². The third-order valence-corrected chi connectivity index (χ3v) is 2.92. The lowest BCUT2D eigenvalue weighted by Crippen LogP contribution is -2.30. The van der Waals surface area contributed by atoms with Gasteiger partial charge in [-0.1, -0.05) is 11.8 Å². The quantitative estimate of drug-likeness (QED) is 0.553. The van der Waals surface area contributed by atoms with Crippen LogP contribution >= 0.6 is 11.8 Å². The van der Waals surface area contributed by atoms with Gasteiger partial charge >= 0.3 is 0 Å². The zero-order chi connectivity index (χ0) is 7.02. The van der Waals surface area contributed by atoms with Crippen molar-refractivity contribution in [3.05, 3.63) is 10.6 Å². The van der Waals surface area contributed by atoms with Crippen molar-refractivity contribution in [2.24, 2.45) is 5.73 Å². The van der Waals surface area contributed by atoms with Gasteiger partial charge in [0.15, 0.2) is 0 Å². The highest BCUT2D eigenvalue weighted by molar-refractivity contribution is 8.03. The summed E-state index contributed by atoms with van der Waals surface area (Å²) in [5.41, 5.74) is 7.15. The minimum absolute atomic E-state index is 0.144. The van der Waals surface area contributed by atoms with Crippen molar-refractivity contribution < 1.29 is 0 Å². The number of allylic oxidation sites excluding steroid dienone is 2. The number of rotatable bonds is 0. The van der Waals surface area contributed by atoms with Crippen LogP contribution in [0.4, 0.5) is 0 Å². The number of nitrogens with zero attached hydrogens (tertiary/aromatic N) is 1. The molecule has 0 spiro atoms. The predicted molar refractivity (Wildman–Crippen MR) is 41.7 cm³/mol. The van der Waals surface area contributed by atoms with Gasteiger partial charge in [0.25, 0.3) is 0 Å². The van der Waals surface area contributed by atoms with Crippen LogP contribution in [-0.2, 0) is 0 Å². The molecule has 0 bridgehead atoms. The number of thioether (sulfide) groups is 1. The summed E-state index contributed by atoms with van der Waals surface area (Å²) in [6, 6.07) is 0. The molecule has 2 N–H and O–H groups in total. The van der Waals surface area contributed by atoms with E-state index in [0.29, 0.717) is 0 Å². The molecule has 1 rings (SSSR count). The van der Waals surface area contributed by atoms with Gasteiger partial charge in [-0.25, -0.2) is 0 Å². The molecule has 0 saturated carbocycles. The molecule has 0 radical (unpaired) electrons. The van der Waals surface area contributed by atoms with Crippen LogP contribution in [0.15, 0.2) is 10.6 Å². The SMILES string of the molecule is CC1=C(C)N(C)C(N)S1. The molecule has 3 heteroatoms. The van der Waals surface area contributed by atoms with Gasteiger partial charge < -0.3 is 10.6 Å². The van der Waals surface area contributed by atoms with E-state index in [4.69, 9.17) is 5.73 Å². The second kappa shape index (κ2) is 2.23. The van der Waals surface area contributed by atoms with Crippen LogP contribution in [-0.4, -0.2) is 17.4 Å². The molecule has 1 aliphatic rings. The number of hydrogen-bond acceptors (Lipinski definition) is 3. The topological polar surface area (TPSA) is 29.3 Å². The molecular formula is C6H12N2S. The van der Waals surface area contributed by atoms with Crippen molar-refractivity contribution in [3.8, 4) is 0 Å². The summed E-state index contributed by atoms with van der Waals surface area (Å²) in [6.07, 6.45) is 0. The predicted octanol–water partition coefficient (Wildman–Crippen LogP) is 1.16. The Hall–Kier alpha value is -0.150. The Labute approximate surface area is 60.1 Å². The van der Waals surface area contributed by atoms with Crippen molar-refractivity contribution in [2.75, 3.05) is 7.05 Å². The fourth-order valence-electron chi connectivity index (χ4n) is 0.785. The molecule has 1 aliphatic heterocycles. The van der Waals surface area contributed by atoms with E-state index in [1.165, 1.54) is 10.6 Å². The zero-order valence-electron chi connectivity index (χ0n) is 6.01. The van der Waals surface area contributed by atoms with Crippen molar-refractivity contribution in [2.45, 2.75) is 19.3 Å². The maximum Gasteiger partial charge on any atom is 0.129 e. The first kappa shape index (κ1) is 6.96. The highest BCUT2D eigenvalue weighted by Gasteiger charge is 2.20. The minimum atomic E-state index is 0.144. The summed E-state index contributed by atoms with van der Waals surface area (Å²) in [4.78, 5) is 3.42. The first-order valence-corrected chi connectivity index (χ1v) is 3.83. The summed E-state index contributed by atoms with van der Waals surface area (Å²) >= 11 is 1.72. The Morgan fingerprint density at radius 1 is 1.56 bits per heavy atom. The second-order valence-corrected chi connectivity index (χ2v) is 3.59. The van der Waals surface area contributed by atoms with E-state index in [1.54, 1.807) is 11.8 Å². The van der Waals surface area contributed by atoms with Crippen LogP contribution < -0.4 is 5.73 Å². The summed E-state index contributed by atoms with van der Waals surface area (Å²) < 4.78 is 0. The first-order valence-electron chi connectivity index (χ1n) is 2.95. The maximum absolute atomic E-state index is 5.71. The Morgan fingerprint density at radius 3 is 2.22 bits per heavy atom. The van der Waals surface area contributed by atoms with Crippen molar-refractivity contribution in [1.29, 1.82) is 0 Å². The lowest BCUT2D eigenvalue weighted by molar-refractivity contribution is 0.409. The molecule has 1 atom stereocenters. The highest BCUT2D eigenvalue weighted by atomic mass is 32.2. The fraction of sp³-hybridized carbons (Fsp3) is 0.667. The summed E-state index contributed by atoms with van der Waals surface area (Å²) in [6.45, 7) is 4.19. The number of hydrogen-bond donors (Lipinski definition) is 1. The largest absolute Gasteiger partial charge is 0.353 e. The lowest BCUT2D eigenvalue weighted by Gasteiger charge is -2.17. The number of nitrogens with two attached hydrogens (primary N) is 1. The molecule has 52 valence electrons. The van der Waals surface area contributed by atoms with E-state index >= 15 is 0 Å². The lowest BCUT2D eigenvalue weighted by atomic mass is 10.4. The molecule has 1 unspecified atom stereocenters. The molecule has 2 nitrogen and oxygen atoms in total. The molecule has 0 amide bonds. The van der Waals surface area contributed by atoms with Gasteiger partial charge in [0, 0.05) is 17.6 Å². The summed E-state index contributed by atoms with van der Waals surface area (Å²) in [5.74, 6) is 0. The standard InChI is InChI=1S/C6H12N2S/c1-4-5(2)9-6(7)8(4)3/h6H,7H2,1-3H3. The van der Waals surface area contributed by atoms with Crippen molar-refractivity contribution in [1.82, 2.24) is 4.90 Å². The summed E-state index contributed by atoms with van der Waals surface area (Å²) in [7, 11) is 2.02.